The predicted molar refractivity (Wildman–Crippen MR) is 60.4 cm³/mol. The second kappa shape index (κ2) is 4.10. The molecule has 4 nitrogen and oxygen atoms in total. The maximum absolute atomic E-state index is 5.92. The molecule has 1 aromatic heterocycles. The number of aromatic nitrogens is 3. The van der Waals surface area contributed by atoms with Crippen LogP contribution in [0.1, 0.15) is 19.8 Å². The average Bonchev–Trinajstić information content (AvgIpc) is 3.03. The van der Waals surface area contributed by atoms with E-state index in [9.17, 15) is 0 Å². The Balaban J connectivity index is 2.23. The van der Waals surface area contributed by atoms with Crippen LogP contribution in [0.3, 0.4) is 0 Å². The van der Waals surface area contributed by atoms with E-state index < -0.39 is 0 Å². The Morgan fingerprint density at radius 3 is 2.60 bits per heavy atom. The van der Waals surface area contributed by atoms with Crippen molar-refractivity contribution in [2.75, 3.05) is 11.9 Å². The van der Waals surface area contributed by atoms with Gasteiger partial charge in [0, 0.05) is 13.1 Å². The maximum atomic E-state index is 5.92. The van der Waals surface area contributed by atoms with Crippen molar-refractivity contribution in [1.29, 1.82) is 0 Å². The molecule has 1 heterocycles. The maximum Gasteiger partial charge on any atom is 0.245 e. The van der Waals surface area contributed by atoms with Gasteiger partial charge in [-0.2, -0.15) is 4.98 Å². The van der Waals surface area contributed by atoms with Crippen LogP contribution in [0.15, 0.2) is 0 Å². The molecule has 0 bridgehead atoms. The molecular formula is C9H12Cl2N4. The van der Waals surface area contributed by atoms with E-state index in [1.165, 1.54) is 12.8 Å². The highest BCUT2D eigenvalue weighted by molar-refractivity contribution is 6.32. The molecule has 1 atom stereocenters. The Morgan fingerprint density at radius 2 is 2.00 bits per heavy atom. The fourth-order valence-corrected chi connectivity index (χ4v) is 1.93. The minimum absolute atomic E-state index is 0.129. The Labute approximate surface area is 98.6 Å². The monoisotopic (exact) mass is 246 g/mol. The topological polar surface area (TPSA) is 41.9 Å². The van der Waals surface area contributed by atoms with Crippen LogP contribution in [0, 0.1) is 5.92 Å². The fourth-order valence-electron chi connectivity index (χ4n) is 1.60. The summed E-state index contributed by atoms with van der Waals surface area (Å²) >= 11 is 11.6. The van der Waals surface area contributed by atoms with E-state index in [0.29, 0.717) is 17.0 Å². The molecule has 0 radical (unpaired) electrons. The normalized spacial score (nSPS) is 17.6. The molecular weight excluding hydrogens is 235 g/mol. The minimum Gasteiger partial charge on any atom is -0.354 e. The van der Waals surface area contributed by atoms with Gasteiger partial charge in [0.05, 0.1) is 0 Å². The zero-order valence-electron chi connectivity index (χ0n) is 8.61. The van der Waals surface area contributed by atoms with Crippen molar-refractivity contribution >= 4 is 29.0 Å². The van der Waals surface area contributed by atoms with E-state index in [4.69, 9.17) is 23.2 Å². The predicted octanol–water partition coefficient (Wildman–Crippen LogP) is 2.41. The Kier molecular flexibility index (Phi) is 2.98. The third kappa shape index (κ3) is 2.32. The first kappa shape index (κ1) is 10.9. The summed E-state index contributed by atoms with van der Waals surface area (Å²) in [7, 11) is 1.95. The molecule has 1 aliphatic carbocycles. The van der Waals surface area contributed by atoms with Crippen LogP contribution >= 0.6 is 23.2 Å². The average molecular weight is 247 g/mol. The third-order valence-corrected chi connectivity index (χ3v) is 3.26. The molecule has 1 aliphatic rings. The lowest BCUT2D eigenvalue weighted by atomic mass is 10.2. The summed E-state index contributed by atoms with van der Waals surface area (Å²) in [6.45, 7) is 2.16. The largest absolute Gasteiger partial charge is 0.354 e. The summed E-state index contributed by atoms with van der Waals surface area (Å²) in [4.78, 5) is 6.10. The van der Waals surface area contributed by atoms with E-state index in [0.717, 1.165) is 5.92 Å². The van der Waals surface area contributed by atoms with Gasteiger partial charge < -0.3 is 4.90 Å². The SMILES string of the molecule is CC(C1CC1)N(C)c1nc(Cl)nnc1Cl. The molecule has 0 saturated heterocycles. The molecule has 2 rings (SSSR count). The van der Waals surface area contributed by atoms with Gasteiger partial charge in [-0.3, -0.25) is 0 Å². The summed E-state index contributed by atoms with van der Waals surface area (Å²) in [5.41, 5.74) is 0. The smallest absolute Gasteiger partial charge is 0.245 e. The quantitative estimate of drug-likeness (QED) is 0.822. The van der Waals surface area contributed by atoms with E-state index in [2.05, 4.69) is 22.1 Å². The second-order valence-electron chi connectivity index (χ2n) is 3.88. The molecule has 6 heteroatoms. The van der Waals surface area contributed by atoms with Crippen LogP contribution in [0.2, 0.25) is 10.4 Å². The second-order valence-corrected chi connectivity index (χ2v) is 4.58. The van der Waals surface area contributed by atoms with Crippen molar-refractivity contribution in [3.8, 4) is 0 Å². The van der Waals surface area contributed by atoms with Gasteiger partial charge in [-0.15, -0.1) is 10.2 Å². The van der Waals surface area contributed by atoms with E-state index in [1.807, 2.05) is 11.9 Å². The van der Waals surface area contributed by atoms with Crippen LogP contribution in [-0.2, 0) is 0 Å². The van der Waals surface area contributed by atoms with Gasteiger partial charge in [0.25, 0.3) is 0 Å². The van der Waals surface area contributed by atoms with Crippen LogP contribution in [0.5, 0.6) is 0 Å². The van der Waals surface area contributed by atoms with Crippen molar-refractivity contribution in [3.05, 3.63) is 10.4 Å². The molecule has 0 aromatic carbocycles. The molecule has 1 aromatic rings. The molecule has 1 unspecified atom stereocenters. The van der Waals surface area contributed by atoms with Crippen molar-refractivity contribution in [2.45, 2.75) is 25.8 Å². The lowest BCUT2D eigenvalue weighted by Gasteiger charge is -2.25. The molecule has 1 saturated carbocycles. The zero-order chi connectivity index (χ0) is 11.0. The lowest BCUT2D eigenvalue weighted by molar-refractivity contribution is 0.601. The Hall–Kier alpha value is -0.610. The number of hydrogen-bond donors (Lipinski definition) is 0. The van der Waals surface area contributed by atoms with Gasteiger partial charge in [0.1, 0.15) is 0 Å². The highest BCUT2D eigenvalue weighted by Gasteiger charge is 2.32. The first-order valence-corrected chi connectivity index (χ1v) is 5.63. The summed E-state index contributed by atoms with van der Waals surface area (Å²) in [6.07, 6.45) is 2.55. The number of hydrogen-bond acceptors (Lipinski definition) is 4. The Bertz CT molecular complexity index is 367. The zero-order valence-corrected chi connectivity index (χ0v) is 10.1. The molecule has 1 fully saturated rings. The van der Waals surface area contributed by atoms with Crippen molar-refractivity contribution in [3.63, 3.8) is 0 Å². The summed E-state index contributed by atoms with van der Waals surface area (Å²) in [5, 5.41) is 7.76. The lowest BCUT2D eigenvalue weighted by Crippen LogP contribution is -2.31. The molecule has 0 N–H and O–H groups in total. The van der Waals surface area contributed by atoms with Gasteiger partial charge in [-0.1, -0.05) is 11.6 Å². The third-order valence-electron chi connectivity index (χ3n) is 2.85. The highest BCUT2D eigenvalue weighted by Crippen LogP contribution is 2.36. The van der Waals surface area contributed by atoms with Gasteiger partial charge in [-0.05, 0) is 37.3 Å². The number of halogens is 2. The van der Waals surface area contributed by atoms with Crippen LogP contribution in [0.25, 0.3) is 0 Å². The minimum atomic E-state index is 0.129. The van der Waals surface area contributed by atoms with Crippen molar-refractivity contribution in [1.82, 2.24) is 15.2 Å². The van der Waals surface area contributed by atoms with Gasteiger partial charge in [0.15, 0.2) is 11.0 Å². The van der Waals surface area contributed by atoms with Crippen LogP contribution in [0.4, 0.5) is 5.82 Å². The van der Waals surface area contributed by atoms with Gasteiger partial charge >= 0.3 is 0 Å². The summed E-state index contributed by atoms with van der Waals surface area (Å²) < 4.78 is 0. The molecule has 82 valence electrons. The van der Waals surface area contributed by atoms with Crippen molar-refractivity contribution < 1.29 is 0 Å². The molecule has 15 heavy (non-hydrogen) atoms. The Morgan fingerprint density at radius 1 is 1.33 bits per heavy atom. The molecule has 0 spiro atoms. The van der Waals surface area contributed by atoms with E-state index in [-0.39, 0.29) is 5.28 Å². The van der Waals surface area contributed by atoms with Crippen LogP contribution < -0.4 is 4.90 Å². The van der Waals surface area contributed by atoms with Crippen LogP contribution in [-0.4, -0.2) is 28.3 Å². The van der Waals surface area contributed by atoms with Gasteiger partial charge in [-0.25, -0.2) is 0 Å². The fraction of sp³-hybridized carbons (Fsp3) is 0.667. The summed E-state index contributed by atoms with van der Waals surface area (Å²) in [6, 6.07) is 0.412. The number of anilines is 1. The first-order valence-electron chi connectivity index (χ1n) is 4.88. The highest BCUT2D eigenvalue weighted by atomic mass is 35.5. The van der Waals surface area contributed by atoms with E-state index in [1.54, 1.807) is 0 Å². The molecule has 0 amide bonds. The number of rotatable bonds is 3. The van der Waals surface area contributed by atoms with Gasteiger partial charge in [0.2, 0.25) is 5.28 Å². The number of nitrogens with zero attached hydrogens (tertiary/aromatic N) is 4. The van der Waals surface area contributed by atoms with Crippen molar-refractivity contribution in [2.24, 2.45) is 5.92 Å². The standard InChI is InChI=1S/C9H12Cl2N4/c1-5(6-3-4-6)15(2)8-7(10)13-14-9(11)12-8/h5-6H,3-4H2,1-2H3. The van der Waals surface area contributed by atoms with E-state index >= 15 is 0 Å². The first-order chi connectivity index (χ1) is 7.09. The summed E-state index contributed by atoms with van der Waals surface area (Å²) in [5.74, 6) is 1.34. The molecule has 0 aliphatic heterocycles.